The van der Waals surface area contributed by atoms with Gasteiger partial charge in [-0.2, -0.15) is 0 Å². The van der Waals surface area contributed by atoms with Crippen LogP contribution in [-0.2, 0) is 19.4 Å². The molecule has 1 heterocycles. The molecule has 5 nitrogen and oxygen atoms in total. The average molecular weight is 416 g/mol. The Kier molecular flexibility index (Phi) is 5.38. The van der Waals surface area contributed by atoms with E-state index in [1.807, 2.05) is 12.1 Å². The number of aryl methyl sites for hydroxylation is 1. The van der Waals surface area contributed by atoms with Crippen LogP contribution in [0.2, 0.25) is 10.0 Å². The molecule has 28 heavy (non-hydrogen) atoms. The minimum absolute atomic E-state index is 0.0124. The maximum Gasteiger partial charge on any atom is 0.185 e. The Labute approximate surface area is 174 Å². The van der Waals surface area contributed by atoms with Gasteiger partial charge in [-0.3, -0.25) is 5.41 Å². The van der Waals surface area contributed by atoms with Crippen LogP contribution in [0.5, 0.6) is 0 Å². The molecule has 1 aliphatic carbocycles. The number of guanidine groups is 1. The lowest BCUT2D eigenvalue weighted by molar-refractivity contribution is 0.606. The number of benzene rings is 2. The third kappa shape index (κ3) is 3.77. The monoisotopic (exact) mass is 415 g/mol. The predicted molar refractivity (Wildman–Crippen MR) is 118 cm³/mol. The summed E-state index contributed by atoms with van der Waals surface area (Å²) in [5, 5.41) is 16.1. The number of nitrogens with zero attached hydrogens (tertiary/aromatic N) is 1. The van der Waals surface area contributed by atoms with Crippen molar-refractivity contribution in [3.05, 3.63) is 57.7 Å². The van der Waals surface area contributed by atoms with Crippen molar-refractivity contribution in [2.75, 3.05) is 11.9 Å². The topological polar surface area (TPSA) is 78.9 Å². The number of nitrogens with one attached hydrogen (secondary N) is 3. The van der Waals surface area contributed by atoms with Crippen LogP contribution in [0.1, 0.15) is 24.1 Å². The van der Waals surface area contributed by atoms with Gasteiger partial charge >= 0.3 is 0 Å². The van der Waals surface area contributed by atoms with Crippen molar-refractivity contribution < 1.29 is 0 Å². The smallest absolute Gasteiger partial charge is 0.185 e. The van der Waals surface area contributed by atoms with Crippen molar-refractivity contribution in [3.63, 3.8) is 0 Å². The molecular formula is C21H23Cl2N5. The Morgan fingerprint density at radius 2 is 1.79 bits per heavy atom. The van der Waals surface area contributed by atoms with Crippen LogP contribution in [0.3, 0.4) is 0 Å². The van der Waals surface area contributed by atoms with E-state index in [-0.39, 0.29) is 5.96 Å². The van der Waals surface area contributed by atoms with E-state index < -0.39 is 0 Å². The molecule has 0 unspecified atom stereocenters. The van der Waals surface area contributed by atoms with E-state index >= 15 is 0 Å². The highest BCUT2D eigenvalue weighted by Gasteiger charge is 2.20. The Morgan fingerprint density at radius 3 is 2.57 bits per heavy atom. The molecule has 0 bridgehead atoms. The van der Waals surface area contributed by atoms with Crippen molar-refractivity contribution in [3.8, 4) is 0 Å². The summed E-state index contributed by atoms with van der Waals surface area (Å²) in [4.78, 5) is 0. The van der Waals surface area contributed by atoms with E-state index in [2.05, 4.69) is 33.4 Å². The number of fused-ring (bicyclic) bond motifs is 3. The van der Waals surface area contributed by atoms with E-state index in [9.17, 15) is 0 Å². The van der Waals surface area contributed by atoms with Gasteiger partial charge in [-0.15, -0.1) is 0 Å². The van der Waals surface area contributed by atoms with E-state index in [0.29, 0.717) is 16.6 Å². The Balaban J connectivity index is 1.68. The summed E-state index contributed by atoms with van der Waals surface area (Å²) in [6.45, 7) is 1.44. The highest BCUT2D eigenvalue weighted by atomic mass is 35.5. The Bertz CT molecular complexity index is 1040. The SMILES string of the molecule is N=C(N)NCCn1c2c(c3cc(Nc4ccc(Cl)c(Cl)c4)ccc31)CCCC2. The Morgan fingerprint density at radius 1 is 1.04 bits per heavy atom. The van der Waals surface area contributed by atoms with Gasteiger partial charge < -0.3 is 20.9 Å². The first kappa shape index (κ1) is 19.0. The molecule has 5 N–H and O–H groups in total. The molecular weight excluding hydrogens is 393 g/mol. The normalized spacial score (nSPS) is 13.4. The van der Waals surface area contributed by atoms with Gasteiger partial charge in [0.05, 0.1) is 10.0 Å². The van der Waals surface area contributed by atoms with Gasteiger partial charge in [0.25, 0.3) is 0 Å². The van der Waals surface area contributed by atoms with Crippen LogP contribution in [0, 0.1) is 5.41 Å². The van der Waals surface area contributed by atoms with E-state index in [1.54, 1.807) is 6.07 Å². The minimum atomic E-state index is 0.0124. The number of rotatable bonds is 5. The van der Waals surface area contributed by atoms with E-state index in [0.717, 1.165) is 30.8 Å². The van der Waals surface area contributed by atoms with Crippen molar-refractivity contribution in [1.29, 1.82) is 5.41 Å². The first-order valence-electron chi connectivity index (χ1n) is 9.47. The molecule has 1 aromatic heterocycles. The quantitative estimate of drug-likeness (QED) is 0.347. The van der Waals surface area contributed by atoms with E-state index in [1.165, 1.54) is 35.0 Å². The molecule has 0 saturated carbocycles. The van der Waals surface area contributed by atoms with Gasteiger partial charge in [-0.05, 0) is 67.6 Å². The fourth-order valence-corrected chi connectivity index (χ4v) is 4.31. The zero-order chi connectivity index (χ0) is 19.7. The zero-order valence-electron chi connectivity index (χ0n) is 15.5. The van der Waals surface area contributed by atoms with Gasteiger partial charge in [-0.1, -0.05) is 23.2 Å². The maximum absolute atomic E-state index is 7.37. The second kappa shape index (κ2) is 7.94. The summed E-state index contributed by atoms with van der Waals surface area (Å²) >= 11 is 12.2. The fraction of sp³-hybridized carbons (Fsp3) is 0.286. The minimum Gasteiger partial charge on any atom is -0.370 e. The standard InChI is InChI=1S/C21H23Cl2N5/c22-17-7-5-14(12-18(17)23)27-13-6-8-20-16(11-13)15-3-1-2-4-19(15)28(20)10-9-26-21(24)25/h5-8,11-12,27H,1-4,9-10H2,(H4,24,25,26). The number of hydrogen-bond acceptors (Lipinski definition) is 2. The van der Waals surface area contributed by atoms with Crippen LogP contribution in [0.4, 0.5) is 11.4 Å². The third-order valence-electron chi connectivity index (χ3n) is 5.24. The van der Waals surface area contributed by atoms with Gasteiger partial charge in [0, 0.05) is 41.1 Å². The second-order valence-electron chi connectivity index (χ2n) is 7.11. The number of aromatic nitrogens is 1. The van der Waals surface area contributed by atoms with Crippen molar-refractivity contribution >= 4 is 51.4 Å². The molecule has 0 aliphatic heterocycles. The number of halogens is 2. The Hall–Kier alpha value is -2.37. The molecule has 0 radical (unpaired) electrons. The number of nitrogens with two attached hydrogens (primary N) is 1. The number of anilines is 2. The maximum atomic E-state index is 7.37. The van der Waals surface area contributed by atoms with Crippen LogP contribution in [-0.4, -0.2) is 17.1 Å². The summed E-state index contributed by atoms with van der Waals surface area (Å²) in [7, 11) is 0. The molecule has 0 spiro atoms. The van der Waals surface area contributed by atoms with Gasteiger partial charge in [-0.25, -0.2) is 0 Å². The predicted octanol–water partition coefficient (Wildman–Crippen LogP) is 5.05. The lowest BCUT2D eigenvalue weighted by Gasteiger charge is -2.16. The molecule has 7 heteroatoms. The van der Waals surface area contributed by atoms with Crippen LogP contribution >= 0.6 is 23.2 Å². The molecule has 0 fully saturated rings. The van der Waals surface area contributed by atoms with Crippen LogP contribution in [0.15, 0.2) is 36.4 Å². The first-order chi connectivity index (χ1) is 13.5. The van der Waals surface area contributed by atoms with Crippen molar-refractivity contribution in [2.24, 2.45) is 5.73 Å². The molecule has 3 aromatic rings. The fourth-order valence-electron chi connectivity index (χ4n) is 4.01. The summed E-state index contributed by atoms with van der Waals surface area (Å²) in [6, 6.07) is 12.0. The van der Waals surface area contributed by atoms with E-state index in [4.69, 9.17) is 34.3 Å². The van der Waals surface area contributed by atoms with Crippen LogP contribution < -0.4 is 16.4 Å². The average Bonchev–Trinajstić information content (AvgIpc) is 2.98. The molecule has 4 rings (SSSR count). The van der Waals surface area contributed by atoms with Gasteiger partial charge in [0.1, 0.15) is 0 Å². The second-order valence-corrected chi connectivity index (χ2v) is 7.92. The lowest BCUT2D eigenvalue weighted by atomic mass is 9.95. The molecule has 146 valence electrons. The van der Waals surface area contributed by atoms with Crippen molar-refractivity contribution in [1.82, 2.24) is 9.88 Å². The summed E-state index contributed by atoms with van der Waals surface area (Å²) in [5.41, 5.74) is 11.5. The summed E-state index contributed by atoms with van der Waals surface area (Å²) < 4.78 is 2.38. The highest BCUT2D eigenvalue weighted by molar-refractivity contribution is 6.42. The molecule has 0 amide bonds. The number of hydrogen-bond donors (Lipinski definition) is 4. The third-order valence-corrected chi connectivity index (χ3v) is 5.98. The molecule has 0 atom stereocenters. The summed E-state index contributed by atoms with van der Waals surface area (Å²) in [6.07, 6.45) is 4.65. The van der Waals surface area contributed by atoms with Gasteiger partial charge in [0.15, 0.2) is 5.96 Å². The first-order valence-corrected chi connectivity index (χ1v) is 10.2. The summed E-state index contributed by atoms with van der Waals surface area (Å²) in [5.74, 6) is 0.0124. The molecule has 1 aliphatic rings. The highest BCUT2D eigenvalue weighted by Crippen LogP contribution is 2.35. The largest absolute Gasteiger partial charge is 0.370 e. The van der Waals surface area contributed by atoms with Crippen LogP contribution in [0.25, 0.3) is 10.9 Å². The van der Waals surface area contributed by atoms with Gasteiger partial charge in [0.2, 0.25) is 0 Å². The molecule has 2 aromatic carbocycles. The zero-order valence-corrected chi connectivity index (χ0v) is 17.0. The van der Waals surface area contributed by atoms with Crippen molar-refractivity contribution in [2.45, 2.75) is 32.2 Å². The molecule has 0 saturated heterocycles. The lowest BCUT2D eigenvalue weighted by Crippen LogP contribution is -2.33.